The van der Waals surface area contributed by atoms with Gasteiger partial charge in [0.1, 0.15) is 45.9 Å². The first-order valence-corrected chi connectivity index (χ1v) is 10.8. The fourth-order valence-corrected chi connectivity index (χ4v) is 4.01. The van der Waals surface area contributed by atoms with Crippen molar-refractivity contribution in [3.8, 4) is 0 Å². The van der Waals surface area contributed by atoms with Crippen LogP contribution in [-0.4, -0.2) is 116 Å². The van der Waals surface area contributed by atoms with Gasteiger partial charge in [0.25, 0.3) is 0 Å². The zero-order valence-electron chi connectivity index (χ0n) is 17.5. The lowest BCUT2D eigenvalue weighted by molar-refractivity contribution is -0.929. The van der Waals surface area contributed by atoms with Gasteiger partial charge in [0, 0.05) is 0 Å². The number of nitrogens with zero attached hydrogens (tertiary/aromatic N) is 2. The summed E-state index contributed by atoms with van der Waals surface area (Å²) >= 11 is 0. The van der Waals surface area contributed by atoms with Crippen molar-refractivity contribution >= 4 is 7.60 Å². The van der Waals surface area contributed by atoms with E-state index in [1.807, 2.05) is 41.9 Å². The molecule has 1 unspecified atom stereocenters. The average molecular weight is 400 g/mol. The van der Waals surface area contributed by atoms with Crippen LogP contribution in [0.5, 0.6) is 0 Å². The Kier molecular flexibility index (Phi) is 11.1. The number of hydrogen-bond donors (Lipinski definition) is 3. The SMILES string of the molecule is CC(C)(C)P(=O)(OCC[N+](C)(C)C)OCC[N+](CCO)(CCO)CCO. The summed E-state index contributed by atoms with van der Waals surface area (Å²) in [6.45, 7) is 8.14. The lowest BCUT2D eigenvalue weighted by atomic mass is 10.3. The molecule has 0 heterocycles. The van der Waals surface area contributed by atoms with Gasteiger partial charge in [0.2, 0.25) is 0 Å². The van der Waals surface area contributed by atoms with Crippen LogP contribution in [0, 0.1) is 0 Å². The largest absolute Gasteiger partial charge is 0.391 e. The molecule has 0 spiro atoms. The van der Waals surface area contributed by atoms with Gasteiger partial charge in [-0.2, -0.15) is 0 Å². The summed E-state index contributed by atoms with van der Waals surface area (Å²) in [5.41, 5.74) is 0. The Labute approximate surface area is 159 Å². The second kappa shape index (κ2) is 11.1. The molecule has 8 nitrogen and oxygen atoms in total. The molecule has 0 aliphatic rings. The molecule has 0 radical (unpaired) electrons. The van der Waals surface area contributed by atoms with Gasteiger partial charge >= 0.3 is 7.60 Å². The fourth-order valence-electron chi connectivity index (χ4n) is 2.52. The minimum atomic E-state index is -3.34. The highest BCUT2D eigenvalue weighted by Crippen LogP contribution is 2.59. The second-order valence-corrected chi connectivity index (χ2v) is 11.6. The molecule has 0 saturated heterocycles. The molecule has 1 atom stereocenters. The molecule has 0 aliphatic heterocycles. The standard InChI is InChI=1S/C17H41N2O6P/c1-17(2,3)26(23,24-15-10-18(4,5)6)25-16-11-19(7-12-20,8-13-21)9-14-22/h20-22H,7-16H2,1-6H3/q+2. The third-order valence-electron chi connectivity index (χ3n) is 4.39. The van der Waals surface area contributed by atoms with Crippen LogP contribution in [-0.2, 0) is 13.6 Å². The molecule has 26 heavy (non-hydrogen) atoms. The second-order valence-electron chi connectivity index (χ2n) is 8.76. The molecule has 0 aromatic carbocycles. The maximum atomic E-state index is 13.3. The molecule has 9 heteroatoms. The highest BCUT2D eigenvalue weighted by Gasteiger charge is 2.41. The molecular weight excluding hydrogens is 359 g/mol. The van der Waals surface area contributed by atoms with Crippen molar-refractivity contribution in [3.05, 3.63) is 0 Å². The van der Waals surface area contributed by atoms with Gasteiger partial charge < -0.3 is 33.3 Å². The van der Waals surface area contributed by atoms with Crippen molar-refractivity contribution in [3.63, 3.8) is 0 Å². The molecule has 0 saturated carbocycles. The molecule has 0 aromatic rings. The van der Waals surface area contributed by atoms with Crippen molar-refractivity contribution in [1.82, 2.24) is 0 Å². The third-order valence-corrected chi connectivity index (χ3v) is 7.08. The zero-order valence-corrected chi connectivity index (χ0v) is 18.4. The van der Waals surface area contributed by atoms with Gasteiger partial charge in [0.05, 0.1) is 46.1 Å². The van der Waals surface area contributed by atoms with Crippen molar-refractivity contribution in [2.24, 2.45) is 0 Å². The summed E-state index contributed by atoms with van der Waals surface area (Å²) in [5.74, 6) is 0. The van der Waals surface area contributed by atoms with Crippen LogP contribution < -0.4 is 0 Å². The van der Waals surface area contributed by atoms with Crippen molar-refractivity contribution < 1.29 is 37.9 Å². The molecule has 158 valence electrons. The Balaban J connectivity index is 4.99. The molecule has 0 aliphatic carbocycles. The first-order valence-electron chi connectivity index (χ1n) is 9.22. The minimum Gasteiger partial charge on any atom is -0.391 e. The Morgan fingerprint density at radius 3 is 1.46 bits per heavy atom. The Bertz CT molecular complexity index is 417. The van der Waals surface area contributed by atoms with E-state index in [0.29, 0.717) is 48.3 Å². The highest BCUT2D eigenvalue weighted by atomic mass is 31.2. The quantitative estimate of drug-likeness (QED) is 0.290. The molecule has 0 aromatic heterocycles. The van der Waals surface area contributed by atoms with Gasteiger partial charge in [-0.05, 0) is 20.8 Å². The van der Waals surface area contributed by atoms with Crippen LogP contribution in [0.25, 0.3) is 0 Å². The van der Waals surface area contributed by atoms with Gasteiger partial charge in [-0.3, -0.25) is 4.57 Å². The van der Waals surface area contributed by atoms with E-state index in [1.165, 1.54) is 0 Å². The normalized spacial score (nSPS) is 15.9. The monoisotopic (exact) mass is 400 g/mol. The summed E-state index contributed by atoms with van der Waals surface area (Å²) < 4.78 is 25.8. The Morgan fingerprint density at radius 1 is 0.769 bits per heavy atom. The number of hydrogen-bond acceptors (Lipinski definition) is 6. The van der Waals surface area contributed by atoms with Crippen LogP contribution in [0.3, 0.4) is 0 Å². The Morgan fingerprint density at radius 2 is 1.15 bits per heavy atom. The van der Waals surface area contributed by atoms with E-state index in [4.69, 9.17) is 9.05 Å². The number of aliphatic hydroxyl groups excluding tert-OH is 3. The summed E-state index contributed by atoms with van der Waals surface area (Å²) in [6.07, 6.45) is 0. The summed E-state index contributed by atoms with van der Waals surface area (Å²) in [7, 11) is 2.78. The number of rotatable bonds is 14. The predicted octanol–water partition coefficient (Wildman–Crippen LogP) is 0.511. The van der Waals surface area contributed by atoms with E-state index in [9.17, 15) is 19.9 Å². The van der Waals surface area contributed by atoms with E-state index in [-0.39, 0.29) is 26.4 Å². The summed E-state index contributed by atoms with van der Waals surface area (Å²) in [6, 6.07) is 0. The van der Waals surface area contributed by atoms with Gasteiger partial charge in [-0.25, -0.2) is 0 Å². The van der Waals surface area contributed by atoms with Crippen molar-refractivity contribution in [2.75, 3.05) is 86.9 Å². The first-order chi connectivity index (χ1) is 11.8. The maximum absolute atomic E-state index is 13.3. The topological polar surface area (TPSA) is 96.2 Å². The van der Waals surface area contributed by atoms with Crippen LogP contribution in [0.4, 0.5) is 0 Å². The molecule has 0 amide bonds. The van der Waals surface area contributed by atoms with Crippen LogP contribution in [0.1, 0.15) is 20.8 Å². The molecular formula is C17H41N2O6P+2. The number of likely N-dealkylation sites (N-methyl/N-ethyl adjacent to an activating group) is 1. The van der Waals surface area contributed by atoms with E-state index >= 15 is 0 Å². The van der Waals surface area contributed by atoms with Gasteiger partial charge in [-0.15, -0.1) is 0 Å². The van der Waals surface area contributed by atoms with Gasteiger partial charge in [0.15, 0.2) is 0 Å². The van der Waals surface area contributed by atoms with Crippen molar-refractivity contribution in [2.45, 2.75) is 25.9 Å². The first kappa shape index (κ1) is 26.0. The lowest BCUT2D eigenvalue weighted by Gasteiger charge is -2.38. The van der Waals surface area contributed by atoms with E-state index in [0.717, 1.165) is 0 Å². The van der Waals surface area contributed by atoms with Crippen LogP contribution in [0.15, 0.2) is 0 Å². The van der Waals surface area contributed by atoms with Crippen LogP contribution >= 0.6 is 7.60 Å². The van der Waals surface area contributed by atoms with Crippen molar-refractivity contribution in [1.29, 1.82) is 0 Å². The maximum Gasteiger partial charge on any atom is 0.336 e. The smallest absolute Gasteiger partial charge is 0.336 e. The van der Waals surface area contributed by atoms with E-state index in [1.54, 1.807) is 0 Å². The summed E-state index contributed by atoms with van der Waals surface area (Å²) in [5, 5.41) is 27.4. The van der Waals surface area contributed by atoms with Crippen LogP contribution in [0.2, 0.25) is 0 Å². The number of aliphatic hydroxyl groups is 3. The fraction of sp³-hybridized carbons (Fsp3) is 1.00. The molecule has 0 bridgehead atoms. The zero-order chi connectivity index (χ0) is 20.5. The molecule has 0 fully saturated rings. The highest BCUT2D eigenvalue weighted by molar-refractivity contribution is 7.55. The van der Waals surface area contributed by atoms with E-state index in [2.05, 4.69) is 0 Å². The molecule has 0 rings (SSSR count). The number of quaternary nitrogens is 2. The minimum absolute atomic E-state index is 0.0586. The predicted molar refractivity (Wildman–Crippen MR) is 103 cm³/mol. The Hall–Kier alpha value is -0.0500. The summed E-state index contributed by atoms with van der Waals surface area (Å²) in [4.78, 5) is 0. The average Bonchev–Trinajstić information content (AvgIpc) is 2.45. The molecule has 3 N–H and O–H groups in total. The lowest BCUT2D eigenvalue weighted by Crippen LogP contribution is -2.55. The third kappa shape index (κ3) is 9.24. The van der Waals surface area contributed by atoms with E-state index < -0.39 is 12.8 Å². The van der Waals surface area contributed by atoms with Gasteiger partial charge in [-0.1, -0.05) is 0 Å².